The Morgan fingerprint density at radius 1 is 1.24 bits per heavy atom. The monoisotopic (exact) mass is 604 g/mol. The van der Waals surface area contributed by atoms with Gasteiger partial charge in [-0.1, -0.05) is 11.6 Å². The van der Waals surface area contributed by atoms with Crippen molar-refractivity contribution in [1.82, 2.24) is 20.1 Å². The standard InChI is InChI=1S/C29H25ClF4N4O4/c1-38-11-16-7-15(9-22(41-2)24(16)37-38)27(39)35-13-28(40,17-4-5-17)23-10-18-19(29(32,33)34)12-42-26(18)25(36-23)14-3-6-21(31)20(30)8-14/h3,6-11,17,19,40H,4-5,12-13H2,1-2H3,(H,35,39)/t19-,28-/m1/s1. The van der Waals surface area contributed by atoms with Gasteiger partial charge < -0.3 is 19.9 Å². The van der Waals surface area contributed by atoms with Gasteiger partial charge in [0.15, 0.2) is 0 Å². The molecule has 6 rings (SSSR count). The fraction of sp³-hybridized carbons (Fsp3) is 0.345. The number of pyridine rings is 1. The van der Waals surface area contributed by atoms with Crippen molar-refractivity contribution in [3.8, 4) is 22.8 Å². The number of hydrogen-bond acceptors (Lipinski definition) is 6. The van der Waals surface area contributed by atoms with E-state index in [4.69, 9.17) is 21.1 Å². The average molecular weight is 605 g/mol. The van der Waals surface area contributed by atoms with Gasteiger partial charge in [-0.15, -0.1) is 0 Å². The molecule has 1 saturated carbocycles. The van der Waals surface area contributed by atoms with Crippen LogP contribution in [0, 0.1) is 11.7 Å². The molecule has 0 bridgehead atoms. The number of alkyl halides is 3. The lowest BCUT2D eigenvalue weighted by molar-refractivity contribution is -0.151. The van der Waals surface area contributed by atoms with Gasteiger partial charge in [0.05, 0.1) is 24.4 Å². The molecule has 0 radical (unpaired) electrons. The molecule has 2 aromatic heterocycles. The highest BCUT2D eigenvalue weighted by molar-refractivity contribution is 6.31. The fourth-order valence-corrected chi connectivity index (χ4v) is 5.56. The second-order valence-corrected chi connectivity index (χ2v) is 11.0. The lowest BCUT2D eigenvalue weighted by Gasteiger charge is -2.29. The van der Waals surface area contributed by atoms with Gasteiger partial charge in [0.2, 0.25) is 0 Å². The zero-order valence-corrected chi connectivity index (χ0v) is 23.2. The minimum absolute atomic E-state index is 0.00619. The second-order valence-electron chi connectivity index (χ2n) is 10.6. The number of methoxy groups -OCH3 is 1. The van der Waals surface area contributed by atoms with E-state index in [0.717, 1.165) is 6.07 Å². The Morgan fingerprint density at radius 3 is 2.67 bits per heavy atom. The minimum Gasteiger partial charge on any atom is -0.494 e. The van der Waals surface area contributed by atoms with Gasteiger partial charge in [-0.2, -0.15) is 18.3 Å². The summed E-state index contributed by atoms with van der Waals surface area (Å²) in [5, 5.41) is 19.4. The van der Waals surface area contributed by atoms with Gasteiger partial charge in [-0.05, 0) is 55.2 Å². The van der Waals surface area contributed by atoms with Gasteiger partial charge in [0, 0.05) is 35.3 Å². The highest BCUT2D eigenvalue weighted by atomic mass is 35.5. The number of nitrogens with zero attached hydrogens (tertiary/aromatic N) is 3. The van der Waals surface area contributed by atoms with Crippen LogP contribution in [0.2, 0.25) is 5.02 Å². The molecule has 2 aliphatic rings. The first kappa shape index (κ1) is 28.2. The van der Waals surface area contributed by atoms with Crippen molar-refractivity contribution in [2.24, 2.45) is 13.0 Å². The number of fused-ring (bicyclic) bond motifs is 2. The molecule has 2 aromatic carbocycles. The Bertz CT molecular complexity index is 1720. The van der Waals surface area contributed by atoms with E-state index in [9.17, 15) is 27.5 Å². The first-order valence-corrected chi connectivity index (χ1v) is 13.5. The average Bonchev–Trinajstić information content (AvgIpc) is 3.60. The van der Waals surface area contributed by atoms with Crippen LogP contribution in [0.5, 0.6) is 11.5 Å². The Labute approximate surface area is 242 Å². The van der Waals surface area contributed by atoms with Gasteiger partial charge in [0.25, 0.3) is 5.91 Å². The van der Waals surface area contributed by atoms with Crippen molar-refractivity contribution in [2.45, 2.75) is 30.5 Å². The molecule has 8 nitrogen and oxygen atoms in total. The van der Waals surface area contributed by atoms with Crippen molar-refractivity contribution in [3.05, 3.63) is 70.3 Å². The van der Waals surface area contributed by atoms with Crippen molar-refractivity contribution >= 4 is 28.4 Å². The summed E-state index contributed by atoms with van der Waals surface area (Å²) in [4.78, 5) is 17.8. The topological polar surface area (TPSA) is 98.5 Å². The van der Waals surface area contributed by atoms with Crippen LogP contribution in [0.1, 0.15) is 40.4 Å². The Morgan fingerprint density at radius 2 is 2.00 bits per heavy atom. The Balaban J connectivity index is 1.39. The lowest BCUT2D eigenvalue weighted by atomic mass is 9.88. The summed E-state index contributed by atoms with van der Waals surface area (Å²) >= 11 is 5.97. The SMILES string of the molecule is COc1cc(C(=O)NC[C@](O)(c2cc3c(c(-c4ccc(F)c(Cl)c4)n2)OC[C@H]3C(F)(F)F)C2CC2)cc2cn(C)nc12. The van der Waals surface area contributed by atoms with Crippen LogP contribution in [0.4, 0.5) is 17.6 Å². The number of aryl methyl sites for hydroxylation is 1. The van der Waals surface area contributed by atoms with Gasteiger partial charge in [0.1, 0.15) is 46.7 Å². The van der Waals surface area contributed by atoms with E-state index in [2.05, 4.69) is 15.4 Å². The summed E-state index contributed by atoms with van der Waals surface area (Å²) < 4.78 is 68.4. The quantitative estimate of drug-likeness (QED) is 0.270. The molecule has 1 aliphatic heterocycles. The summed E-state index contributed by atoms with van der Waals surface area (Å²) in [5.41, 5.74) is -1.01. The molecular formula is C29H25ClF4N4O4. The number of hydrogen-bond donors (Lipinski definition) is 2. The van der Waals surface area contributed by atoms with Crippen LogP contribution >= 0.6 is 11.6 Å². The molecule has 0 spiro atoms. The van der Waals surface area contributed by atoms with Crippen molar-refractivity contribution < 1.29 is 36.9 Å². The van der Waals surface area contributed by atoms with E-state index in [1.165, 1.54) is 31.4 Å². The summed E-state index contributed by atoms with van der Waals surface area (Å²) in [6.07, 6.45) is -1.74. The molecule has 0 unspecified atom stereocenters. The van der Waals surface area contributed by atoms with E-state index in [-0.39, 0.29) is 51.3 Å². The number of nitrogens with one attached hydrogen (secondary N) is 1. The third-order valence-electron chi connectivity index (χ3n) is 7.74. The Hall–Kier alpha value is -3.90. The van der Waals surface area contributed by atoms with Gasteiger partial charge >= 0.3 is 6.18 Å². The maximum absolute atomic E-state index is 14.0. The van der Waals surface area contributed by atoms with Gasteiger partial charge in [-0.3, -0.25) is 9.48 Å². The van der Waals surface area contributed by atoms with Gasteiger partial charge in [-0.25, -0.2) is 9.37 Å². The van der Waals surface area contributed by atoms with Crippen molar-refractivity contribution in [1.29, 1.82) is 0 Å². The molecule has 3 heterocycles. The van der Waals surface area contributed by atoms with Crippen LogP contribution < -0.4 is 14.8 Å². The molecule has 1 fully saturated rings. The summed E-state index contributed by atoms with van der Waals surface area (Å²) in [7, 11) is 3.20. The highest BCUT2D eigenvalue weighted by Gasteiger charge is 2.51. The van der Waals surface area contributed by atoms with E-state index in [0.29, 0.717) is 29.5 Å². The number of carbonyl (C=O) groups excluding carboxylic acids is 1. The molecule has 42 heavy (non-hydrogen) atoms. The molecule has 0 saturated heterocycles. The van der Waals surface area contributed by atoms with Crippen molar-refractivity contribution in [2.75, 3.05) is 20.3 Å². The molecule has 2 atom stereocenters. The molecule has 2 N–H and O–H groups in total. The Kier molecular flexibility index (Phi) is 6.81. The third kappa shape index (κ3) is 4.92. The van der Waals surface area contributed by atoms with Crippen LogP contribution in [0.3, 0.4) is 0 Å². The zero-order valence-electron chi connectivity index (χ0n) is 22.4. The van der Waals surface area contributed by atoms with Crippen molar-refractivity contribution in [3.63, 3.8) is 0 Å². The molecule has 220 valence electrons. The number of benzene rings is 2. The summed E-state index contributed by atoms with van der Waals surface area (Å²) in [6, 6.07) is 8.01. The molecule has 1 amide bonds. The van der Waals surface area contributed by atoms with E-state index < -0.39 is 36.0 Å². The number of ether oxygens (including phenoxy) is 2. The van der Waals surface area contributed by atoms with E-state index in [1.54, 1.807) is 24.0 Å². The fourth-order valence-electron chi connectivity index (χ4n) is 5.38. The molecule has 13 heteroatoms. The molecule has 1 aliphatic carbocycles. The predicted molar refractivity (Wildman–Crippen MR) is 145 cm³/mol. The minimum atomic E-state index is -4.63. The number of amides is 1. The maximum Gasteiger partial charge on any atom is 0.399 e. The number of carbonyl (C=O) groups is 1. The number of halogens is 5. The summed E-state index contributed by atoms with van der Waals surface area (Å²) in [6.45, 7) is -0.986. The van der Waals surface area contributed by atoms with Crippen LogP contribution in [-0.2, 0) is 12.6 Å². The maximum atomic E-state index is 14.0. The lowest BCUT2D eigenvalue weighted by Crippen LogP contribution is -2.43. The van der Waals surface area contributed by atoms with E-state index in [1.807, 2.05) is 0 Å². The zero-order chi connectivity index (χ0) is 30.0. The van der Waals surface area contributed by atoms with Crippen LogP contribution in [-0.4, -0.2) is 52.2 Å². The largest absolute Gasteiger partial charge is 0.494 e. The predicted octanol–water partition coefficient (Wildman–Crippen LogP) is 5.50. The molecular weight excluding hydrogens is 580 g/mol. The molecule has 4 aromatic rings. The number of aliphatic hydroxyl groups is 1. The van der Waals surface area contributed by atoms with Crippen LogP contribution in [0.15, 0.2) is 42.6 Å². The third-order valence-corrected chi connectivity index (χ3v) is 8.03. The smallest absolute Gasteiger partial charge is 0.399 e. The van der Waals surface area contributed by atoms with Crippen LogP contribution in [0.25, 0.3) is 22.2 Å². The first-order chi connectivity index (χ1) is 19.9. The second kappa shape index (κ2) is 10.1. The number of aromatic nitrogens is 3. The highest BCUT2D eigenvalue weighted by Crippen LogP contribution is 2.51. The van der Waals surface area contributed by atoms with E-state index >= 15 is 0 Å². The number of rotatable bonds is 7. The summed E-state index contributed by atoms with van der Waals surface area (Å²) in [5.74, 6) is -3.28. The normalized spacial score (nSPS) is 18.0. The first-order valence-electron chi connectivity index (χ1n) is 13.1.